The number of piperidine rings is 1. The summed E-state index contributed by atoms with van der Waals surface area (Å²) in [6.07, 6.45) is 1.90. The molecular weight excluding hydrogens is 322 g/mol. The first-order chi connectivity index (χ1) is 11.4. The number of carbonyl (C=O) groups is 1. The molecule has 3 rings (SSSR count). The minimum atomic E-state index is -0.456. The van der Waals surface area contributed by atoms with Gasteiger partial charge in [0.1, 0.15) is 11.4 Å². The monoisotopic (exact) mass is 347 g/mol. The number of aromatic nitrogens is 1. The second kappa shape index (κ2) is 6.97. The minimum absolute atomic E-state index is 0.335. The van der Waals surface area contributed by atoms with Crippen LogP contribution in [0.3, 0.4) is 0 Å². The number of fused-ring (bicyclic) bond motifs is 1. The minimum Gasteiger partial charge on any atom is -0.444 e. The first-order valence-corrected chi connectivity index (χ1v) is 9.26. The van der Waals surface area contributed by atoms with Crippen molar-refractivity contribution in [1.29, 1.82) is 0 Å². The number of ether oxygens (including phenoxy) is 1. The van der Waals surface area contributed by atoms with E-state index in [4.69, 9.17) is 4.74 Å². The fourth-order valence-electron chi connectivity index (χ4n) is 3.07. The molecule has 1 aliphatic heterocycles. The van der Waals surface area contributed by atoms with Gasteiger partial charge in [-0.05, 0) is 63.2 Å². The molecule has 1 fully saturated rings. The molecule has 0 radical (unpaired) electrons. The largest absolute Gasteiger partial charge is 0.444 e. The molecule has 1 aromatic heterocycles. The van der Waals surface area contributed by atoms with Crippen LogP contribution in [-0.2, 0) is 4.74 Å². The summed E-state index contributed by atoms with van der Waals surface area (Å²) in [5.74, 6) is 1.50. The molecule has 5 nitrogen and oxygen atoms in total. The lowest BCUT2D eigenvalue weighted by molar-refractivity contribution is 0.0517. The van der Waals surface area contributed by atoms with E-state index >= 15 is 0 Å². The van der Waals surface area contributed by atoms with Gasteiger partial charge in [-0.15, -0.1) is 0 Å². The van der Waals surface area contributed by atoms with Gasteiger partial charge in [0.25, 0.3) is 0 Å². The molecule has 0 aliphatic carbocycles. The van der Waals surface area contributed by atoms with Crippen LogP contribution in [0.1, 0.15) is 33.6 Å². The molecule has 6 heteroatoms. The predicted molar refractivity (Wildman–Crippen MR) is 98.8 cm³/mol. The highest BCUT2D eigenvalue weighted by molar-refractivity contribution is 7.13. The third-order valence-corrected chi connectivity index (χ3v) is 4.93. The lowest BCUT2D eigenvalue weighted by Crippen LogP contribution is -2.42. The zero-order chi connectivity index (χ0) is 17.2. The van der Waals surface area contributed by atoms with Gasteiger partial charge in [-0.1, -0.05) is 12.1 Å². The van der Waals surface area contributed by atoms with Crippen molar-refractivity contribution in [2.45, 2.75) is 39.2 Å². The zero-order valence-corrected chi connectivity index (χ0v) is 15.4. The van der Waals surface area contributed by atoms with Crippen LogP contribution < -0.4 is 10.2 Å². The average Bonchev–Trinajstić information content (AvgIpc) is 2.96. The van der Waals surface area contributed by atoms with E-state index in [9.17, 15) is 4.79 Å². The maximum Gasteiger partial charge on any atom is 0.407 e. The first kappa shape index (κ1) is 17.0. The molecule has 1 saturated heterocycles. The average molecular weight is 347 g/mol. The molecule has 2 heterocycles. The smallest absolute Gasteiger partial charge is 0.407 e. The number of amides is 1. The quantitative estimate of drug-likeness (QED) is 0.910. The molecular formula is C18H25N3O2S. The molecule has 24 heavy (non-hydrogen) atoms. The first-order valence-electron chi connectivity index (χ1n) is 8.48. The van der Waals surface area contributed by atoms with Gasteiger partial charge < -0.3 is 15.0 Å². The third-order valence-electron chi connectivity index (χ3n) is 4.11. The second-order valence-corrected chi connectivity index (χ2v) is 8.14. The Morgan fingerprint density at radius 2 is 2.21 bits per heavy atom. The Morgan fingerprint density at radius 1 is 1.42 bits per heavy atom. The van der Waals surface area contributed by atoms with Crippen molar-refractivity contribution in [3.63, 3.8) is 0 Å². The highest BCUT2D eigenvalue weighted by atomic mass is 32.1. The highest BCUT2D eigenvalue weighted by Crippen LogP contribution is 2.31. The summed E-state index contributed by atoms with van der Waals surface area (Å²) < 4.78 is 11.2. The van der Waals surface area contributed by atoms with Crippen LogP contribution >= 0.6 is 11.5 Å². The summed E-state index contributed by atoms with van der Waals surface area (Å²) in [6, 6.07) is 8.36. The summed E-state index contributed by atoms with van der Waals surface area (Å²) in [6.45, 7) is 8.22. The molecule has 0 bridgehead atoms. The predicted octanol–water partition coefficient (Wildman–Crippen LogP) is 4.04. The van der Waals surface area contributed by atoms with Gasteiger partial charge >= 0.3 is 6.09 Å². The number of carbonyl (C=O) groups excluding carboxylic acids is 1. The van der Waals surface area contributed by atoms with Crippen molar-refractivity contribution >= 4 is 33.5 Å². The molecule has 130 valence electrons. The summed E-state index contributed by atoms with van der Waals surface area (Å²) in [7, 11) is 0. The normalized spacial score (nSPS) is 18.6. The van der Waals surface area contributed by atoms with Gasteiger partial charge in [0.15, 0.2) is 0 Å². The van der Waals surface area contributed by atoms with Crippen LogP contribution in [0.5, 0.6) is 0 Å². The molecule has 0 spiro atoms. The molecule has 2 aromatic rings. The fourth-order valence-corrected chi connectivity index (χ4v) is 3.86. The van der Waals surface area contributed by atoms with Crippen LogP contribution in [0, 0.1) is 5.92 Å². The molecule has 1 amide bonds. The summed E-state index contributed by atoms with van der Waals surface area (Å²) in [4.78, 5) is 14.2. The van der Waals surface area contributed by atoms with Crippen molar-refractivity contribution in [2.24, 2.45) is 5.92 Å². The molecule has 1 aliphatic rings. The fraction of sp³-hybridized carbons (Fsp3) is 0.556. The van der Waals surface area contributed by atoms with E-state index in [1.165, 1.54) is 10.1 Å². The van der Waals surface area contributed by atoms with Gasteiger partial charge in [-0.25, -0.2) is 4.79 Å². The number of hydrogen-bond acceptors (Lipinski definition) is 5. The van der Waals surface area contributed by atoms with Crippen molar-refractivity contribution in [2.75, 3.05) is 24.5 Å². The number of alkyl carbamates (subject to hydrolysis) is 1. The lowest BCUT2D eigenvalue weighted by Gasteiger charge is -2.33. The van der Waals surface area contributed by atoms with Gasteiger partial charge in [0.2, 0.25) is 0 Å². The van der Waals surface area contributed by atoms with Crippen molar-refractivity contribution < 1.29 is 9.53 Å². The number of nitrogens with zero attached hydrogens (tertiary/aromatic N) is 2. The number of rotatable bonds is 3. The van der Waals surface area contributed by atoms with E-state index in [0.29, 0.717) is 12.5 Å². The third kappa shape index (κ3) is 4.17. The second-order valence-electron chi connectivity index (χ2n) is 7.34. The SMILES string of the molecule is CC(C)(C)OC(=O)NC[C@@H]1CCCN(c2nsc3ccccc23)C1. The van der Waals surface area contributed by atoms with E-state index < -0.39 is 5.60 Å². The number of anilines is 1. The van der Waals surface area contributed by atoms with E-state index in [1.807, 2.05) is 26.8 Å². The maximum atomic E-state index is 11.8. The Morgan fingerprint density at radius 3 is 3.00 bits per heavy atom. The van der Waals surface area contributed by atoms with E-state index in [-0.39, 0.29) is 6.09 Å². The van der Waals surface area contributed by atoms with Crippen molar-refractivity contribution in [3.05, 3.63) is 24.3 Å². The number of nitrogens with one attached hydrogen (secondary N) is 1. The number of benzene rings is 1. The van der Waals surface area contributed by atoms with Crippen molar-refractivity contribution in [1.82, 2.24) is 9.69 Å². The standard InChI is InChI=1S/C18H25N3O2S/c1-18(2,3)23-17(22)19-11-13-7-6-10-21(12-13)16-14-8-4-5-9-15(14)24-20-16/h4-5,8-9,13H,6-7,10-12H2,1-3H3,(H,19,22)/t13-/m0/s1. The Balaban J connectivity index is 1.59. The highest BCUT2D eigenvalue weighted by Gasteiger charge is 2.24. The van der Waals surface area contributed by atoms with E-state index in [2.05, 4.69) is 32.8 Å². The van der Waals surface area contributed by atoms with Gasteiger partial charge in [0, 0.05) is 25.0 Å². The van der Waals surface area contributed by atoms with E-state index in [1.54, 1.807) is 11.5 Å². The topological polar surface area (TPSA) is 54.5 Å². The number of hydrogen-bond donors (Lipinski definition) is 1. The van der Waals surface area contributed by atoms with Gasteiger partial charge in [-0.2, -0.15) is 4.37 Å². The summed E-state index contributed by atoms with van der Waals surface area (Å²) >= 11 is 1.55. The van der Waals surface area contributed by atoms with Gasteiger partial charge in [0.05, 0.1) is 4.70 Å². The Bertz CT molecular complexity index is 708. The van der Waals surface area contributed by atoms with Gasteiger partial charge in [-0.3, -0.25) is 0 Å². The summed E-state index contributed by atoms with van der Waals surface area (Å²) in [5, 5.41) is 4.13. The zero-order valence-electron chi connectivity index (χ0n) is 14.5. The van der Waals surface area contributed by atoms with Crippen LogP contribution in [-0.4, -0.2) is 35.7 Å². The Kier molecular flexibility index (Phi) is 4.94. The summed E-state index contributed by atoms with van der Waals surface area (Å²) in [5.41, 5.74) is -0.456. The maximum absolute atomic E-state index is 11.8. The van der Waals surface area contributed by atoms with E-state index in [0.717, 1.165) is 31.7 Å². The molecule has 0 unspecified atom stereocenters. The van der Waals surface area contributed by atoms with Crippen LogP contribution in [0.25, 0.3) is 10.1 Å². The molecule has 0 saturated carbocycles. The Hall–Kier alpha value is -1.82. The molecule has 1 atom stereocenters. The molecule has 1 aromatic carbocycles. The van der Waals surface area contributed by atoms with Crippen LogP contribution in [0.4, 0.5) is 10.6 Å². The Labute approximate surface area is 147 Å². The van der Waals surface area contributed by atoms with Crippen molar-refractivity contribution in [3.8, 4) is 0 Å². The van der Waals surface area contributed by atoms with Crippen LogP contribution in [0.15, 0.2) is 24.3 Å². The van der Waals surface area contributed by atoms with Crippen LogP contribution in [0.2, 0.25) is 0 Å². The lowest BCUT2D eigenvalue weighted by atomic mass is 9.98. The molecule has 1 N–H and O–H groups in total.